The normalized spacial score (nSPS) is 12.2. The van der Waals surface area contributed by atoms with Gasteiger partial charge in [0.05, 0.1) is 11.9 Å². The number of amidine groups is 1. The highest BCUT2D eigenvalue weighted by molar-refractivity contribution is 8.13. The fraction of sp³-hybridized carbons (Fsp3) is 0.250. The summed E-state index contributed by atoms with van der Waals surface area (Å²) in [7, 11) is 0. The van der Waals surface area contributed by atoms with Gasteiger partial charge in [0.1, 0.15) is 11.4 Å². The van der Waals surface area contributed by atoms with Crippen molar-refractivity contribution in [2.75, 3.05) is 5.32 Å². The van der Waals surface area contributed by atoms with Crippen LogP contribution in [-0.2, 0) is 10.5 Å². The lowest BCUT2D eigenvalue weighted by Gasteiger charge is -2.19. The average Bonchev–Trinajstić information content (AvgIpc) is 2.61. The lowest BCUT2D eigenvalue weighted by atomic mass is 10.2. The molecule has 2 rings (SSSR count). The monoisotopic (exact) mass is 402 g/mol. The van der Waals surface area contributed by atoms with Gasteiger partial charge in [0.25, 0.3) is 0 Å². The molecule has 0 radical (unpaired) electrons. The second-order valence-electron chi connectivity index (χ2n) is 6.82. The summed E-state index contributed by atoms with van der Waals surface area (Å²) in [6.07, 6.45) is 0.664. The number of hydrogen-bond donors (Lipinski definition) is 2. The number of rotatable bonds is 5. The molecule has 0 aliphatic rings. The van der Waals surface area contributed by atoms with E-state index < -0.39 is 17.5 Å². The molecule has 0 aliphatic carbocycles. The van der Waals surface area contributed by atoms with Gasteiger partial charge in [-0.2, -0.15) is 5.10 Å². The van der Waals surface area contributed by atoms with Crippen LogP contribution in [0.1, 0.15) is 31.9 Å². The van der Waals surface area contributed by atoms with Gasteiger partial charge in [-0.25, -0.2) is 9.18 Å². The number of benzene rings is 2. The molecule has 6 nitrogen and oxygen atoms in total. The van der Waals surface area contributed by atoms with Crippen LogP contribution in [0.3, 0.4) is 0 Å². The third kappa shape index (κ3) is 7.79. The van der Waals surface area contributed by atoms with Gasteiger partial charge >= 0.3 is 6.09 Å². The van der Waals surface area contributed by atoms with E-state index in [4.69, 9.17) is 10.5 Å². The first-order valence-corrected chi connectivity index (χ1v) is 9.54. The Kier molecular flexibility index (Phi) is 7.57. The number of nitrogens with zero attached hydrogens (tertiary/aromatic N) is 2. The minimum absolute atomic E-state index is 0.0211. The lowest BCUT2D eigenvalue weighted by Crippen LogP contribution is -2.27. The summed E-state index contributed by atoms with van der Waals surface area (Å²) in [6.45, 7) is 5.19. The molecule has 2 aromatic rings. The Hall–Kier alpha value is -2.87. The van der Waals surface area contributed by atoms with Crippen LogP contribution in [0.4, 0.5) is 14.9 Å². The summed E-state index contributed by atoms with van der Waals surface area (Å²) < 4.78 is 19.2. The Morgan fingerprint density at radius 2 is 1.96 bits per heavy atom. The third-order valence-electron chi connectivity index (χ3n) is 3.22. The fourth-order valence-corrected chi connectivity index (χ4v) is 2.65. The maximum absolute atomic E-state index is 14.1. The van der Waals surface area contributed by atoms with Gasteiger partial charge in [0, 0.05) is 5.75 Å². The summed E-state index contributed by atoms with van der Waals surface area (Å²) in [6, 6.07) is 14.1. The predicted molar refractivity (Wildman–Crippen MR) is 113 cm³/mol. The predicted octanol–water partition coefficient (Wildman–Crippen LogP) is 4.75. The van der Waals surface area contributed by atoms with Crippen LogP contribution in [0.2, 0.25) is 0 Å². The Labute approximate surface area is 168 Å². The minimum Gasteiger partial charge on any atom is -0.444 e. The highest BCUT2D eigenvalue weighted by Crippen LogP contribution is 2.17. The van der Waals surface area contributed by atoms with E-state index in [1.165, 1.54) is 30.1 Å². The summed E-state index contributed by atoms with van der Waals surface area (Å²) in [5.74, 6) is 0.0796. The molecule has 0 saturated carbocycles. The Balaban J connectivity index is 1.91. The van der Waals surface area contributed by atoms with E-state index in [1.807, 2.05) is 30.3 Å². The average molecular weight is 402 g/mol. The minimum atomic E-state index is -0.722. The highest BCUT2D eigenvalue weighted by Gasteiger charge is 2.17. The topological polar surface area (TPSA) is 89.1 Å². The molecule has 0 heterocycles. The van der Waals surface area contributed by atoms with Crippen molar-refractivity contribution in [1.82, 2.24) is 0 Å². The van der Waals surface area contributed by atoms with Crippen LogP contribution in [0, 0.1) is 5.82 Å². The lowest BCUT2D eigenvalue weighted by molar-refractivity contribution is 0.0635. The molecule has 0 fully saturated rings. The van der Waals surface area contributed by atoms with E-state index in [2.05, 4.69) is 15.5 Å². The number of thioether (sulfide) groups is 1. The van der Waals surface area contributed by atoms with Crippen LogP contribution in [0.5, 0.6) is 0 Å². The second kappa shape index (κ2) is 9.89. The van der Waals surface area contributed by atoms with Gasteiger partial charge in [0.2, 0.25) is 0 Å². The van der Waals surface area contributed by atoms with Crippen molar-refractivity contribution >= 4 is 34.9 Å². The van der Waals surface area contributed by atoms with Gasteiger partial charge in [-0.3, -0.25) is 5.32 Å². The number of hydrogen-bond acceptors (Lipinski definition) is 5. The molecular weight excluding hydrogens is 379 g/mol. The number of carbonyl (C=O) groups excluding carboxylic acids is 1. The van der Waals surface area contributed by atoms with E-state index in [-0.39, 0.29) is 5.69 Å². The van der Waals surface area contributed by atoms with E-state index in [0.29, 0.717) is 16.5 Å². The van der Waals surface area contributed by atoms with Crippen molar-refractivity contribution in [2.24, 2.45) is 15.9 Å². The highest BCUT2D eigenvalue weighted by atomic mass is 32.2. The van der Waals surface area contributed by atoms with Gasteiger partial charge in [-0.05, 0) is 44.0 Å². The second-order valence-corrected chi connectivity index (χ2v) is 7.82. The van der Waals surface area contributed by atoms with Gasteiger partial charge < -0.3 is 10.5 Å². The van der Waals surface area contributed by atoms with E-state index in [1.54, 1.807) is 26.8 Å². The van der Waals surface area contributed by atoms with Gasteiger partial charge in [0.15, 0.2) is 5.17 Å². The van der Waals surface area contributed by atoms with Crippen molar-refractivity contribution in [3.8, 4) is 0 Å². The van der Waals surface area contributed by atoms with Crippen molar-refractivity contribution in [3.63, 3.8) is 0 Å². The molecule has 3 N–H and O–H groups in total. The van der Waals surface area contributed by atoms with Gasteiger partial charge in [-0.1, -0.05) is 48.2 Å². The van der Waals surface area contributed by atoms with E-state index in [0.717, 1.165) is 5.56 Å². The molecule has 2 aromatic carbocycles. The van der Waals surface area contributed by atoms with Crippen molar-refractivity contribution < 1.29 is 13.9 Å². The molecule has 0 bridgehead atoms. The Bertz CT molecular complexity index is 864. The number of carbonyl (C=O) groups is 1. The maximum atomic E-state index is 14.1. The number of amides is 1. The number of anilines is 1. The molecule has 28 heavy (non-hydrogen) atoms. The van der Waals surface area contributed by atoms with Crippen LogP contribution in [0.25, 0.3) is 0 Å². The third-order valence-corrected chi connectivity index (χ3v) is 4.08. The fourth-order valence-electron chi connectivity index (χ4n) is 2.04. The van der Waals surface area contributed by atoms with Crippen molar-refractivity contribution in [2.45, 2.75) is 32.1 Å². The first-order valence-electron chi connectivity index (χ1n) is 8.56. The van der Waals surface area contributed by atoms with Crippen LogP contribution < -0.4 is 11.1 Å². The largest absolute Gasteiger partial charge is 0.444 e. The van der Waals surface area contributed by atoms with E-state index >= 15 is 0 Å². The van der Waals surface area contributed by atoms with Crippen LogP contribution in [-0.4, -0.2) is 23.1 Å². The molecule has 0 saturated heterocycles. The zero-order chi connectivity index (χ0) is 20.6. The molecule has 0 aromatic heterocycles. The molecule has 0 unspecified atom stereocenters. The van der Waals surface area contributed by atoms with Crippen molar-refractivity contribution in [3.05, 3.63) is 65.5 Å². The number of nitrogens with two attached hydrogens (primary N) is 1. The van der Waals surface area contributed by atoms with E-state index in [9.17, 15) is 9.18 Å². The number of halogens is 1. The first kappa shape index (κ1) is 21.4. The van der Waals surface area contributed by atoms with Crippen LogP contribution >= 0.6 is 11.8 Å². The molecule has 148 valence electrons. The SMILES string of the molecule is CC(C)(C)OC(=O)Nc1ccc(C=NN=C(N)SCc2ccccc2)cc1F. The summed E-state index contributed by atoms with van der Waals surface area (Å²) in [5.41, 5.74) is 6.78. The van der Waals surface area contributed by atoms with Crippen molar-refractivity contribution in [1.29, 1.82) is 0 Å². The Morgan fingerprint density at radius 1 is 1.25 bits per heavy atom. The maximum Gasteiger partial charge on any atom is 0.412 e. The Morgan fingerprint density at radius 3 is 2.61 bits per heavy atom. The smallest absolute Gasteiger partial charge is 0.412 e. The molecule has 0 spiro atoms. The molecule has 1 amide bonds. The molecular formula is C20H23FN4O2S. The number of nitrogens with one attached hydrogen (secondary N) is 1. The molecule has 8 heteroatoms. The summed E-state index contributed by atoms with van der Waals surface area (Å²) in [4.78, 5) is 11.7. The standard InChI is InChI=1S/C20H23FN4O2S/c1-20(2,3)27-19(26)24-17-10-9-15(11-16(17)21)12-23-25-18(22)28-13-14-7-5-4-6-8-14/h4-12H,13H2,1-3H3,(H2,22,25)(H,24,26). The molecule has 0 aliphatic heterocycles. The molecule has 0 atom stereocenters. The van der Waals surface area contributed by atoms with Crippen LogP contribution in [0.15, 0.2) is 58.7 Å². The van der Waals surface area contributed by atoms with Gasteiger partial charge in [-0.15, -0.1) is 5.10 Å². The summed E-state index contributed by atoms with van der Waals surface area (Å²) in [5, 5.41) is 10.4. The first-order chi connectivity index (χ1) is 13.2. The number of ether oxygens (including phenoxy) is 1. The quantitative estimate of drug-likeness (QED) is 0.429. The summed E-state index contributed by atoms with van der Waals surface area (Å²) >= 11 is 1.36. The zero-order valence-electron chi connectivity index (χ0n) is 16.0. The zero-order valence-corrected chi connectivity index (χ0v) is 16.8.